The van der Waals surface area contributed by atoms with Gasteiger partial charge in [-0.05, 0) is 22.1 Å². The standard InChI is InChI=1S/C17H19Cl/c1-17(2,3)15-11-9-14(10-12-15)16(18)13-7-5-4-6-8-13/h4-12,16H,1-3H3. The average molecular weight is 259 g/mol. The minimum absolute atomic E-state index is 0.0692. The van der Waals surface area contributed by atoms with Gasteiger partial charge in [-0.15, -0.1) is 11.6 Å². The van der Waals surface area contributed by atoms with E-state index >= 15 is 0 Å². The van der Waals surface area contributed by atoms with Gasteiger partial charge in [0.25, 0.3) is 0 Å². The molecule has 0 N–H and O–H groups in total. The van der Waals surface area contributed by atoms with Crippen LogP contribution in [0.15, 0.2) is 54.6 Å². The summed E-state index contributed by atoms with van der Waals surface area (Å²) in [5, 5.41) is -0.0692. The van der Waals surface area contributed by atoms with E-state index in [4.69, 9.17) is 11.6 Å². The summed E-state index contributed by atoms with van der Waals surface area (Å²) in [6.07, 6.45) is 0. The van der Waals surface area contributed by atoms with E-state index in [0.717, 1.165) is 11.1 Å². The molecule has 0 saturated heterocycles. The van der Waals surface area contributed by atoms with Crippen LogP contribution in [0, 0.1) is 0 Å². The molecular formula is C17H19Cl. The van der Waals surface area contributed by atoms with Gasteiger partial charge in [-0.3, -0.25) is 0 Å². The Bertz CT molecular complexity index is 491. The van der Waals surface area contributed by atoms with Crippen LogP contribution in [0.5, 0.6) is 0 Å². The van der Waals surface area contributed by atoms with Crippen LogP contribution in [0.1, 0.15) is 42.8 Å². The first-order valence-electron chi connectivity index (χ1n) is 6.28. The predicted molar refractivity (Wildman–Crippen MR) is 79.3 cm³/mol. The molecule has 18 heavy (non-hydrogen) atoms. The van der Waals surface area contributed by atoms with Gasteiger partial charge in [-0.2, -0.15) is 0 Å². The van der Waals surface area contributed by atoms with Gasteiger partial charge in [0, 0.05) is 0 Å². The first-order chi connectivity index (χ1) is 8.48. The van der Waals surface area contributed by atoms with Gasteiger partial charge in [0.2, 0.25) is 0 Å². The lowest BCUT2D eigenvalue weighted by atomic mass is 9.86. The second-order valence-corrected chi connectivity index (χ2v) is 6.08. The smallest absolute Gasteiger partial charge is 0.0835 e. The number of benzene rings is 2. The van der Waals surface area contributed by atoms with Crippen molar-refractivity contribution in [3.8, 4) is 0 Å². The molecule has 0 amide bonds. The molecule has 2 rings (SSSR count). The van der Waals surface area contributed by atoms with Gasteiger partial charge in [0.15, 0.2) is 0 Å². The van der Waals surface area contributed by atoms with Gasteiger partial charge in [0.1, 0.15) is 0 Å². The maximum atomic E-state index is 6.50. The van der Waals surface area contributed by atoms with E-state index in [2.05, 4.69) is 57.2 Å². The Hall–Kier alpha value is -1.27. The van der Waals surface area contributed by atoms with E-state index < -0.39 is 0 Å². The third-order valence-electron chi connectivity index (χ3n) is 3.16. The predicted octanol–water partition coefficient (Wildman–Crippen LogP) is 5.31. The van der Waals surface area contributed by atoms with Crippen molar-refractivity contribution in [3.63, 3.8) is 0 Å². The molecule has 1 atom stereocenters. The zero-order valence-electron chi connectivity index (χ0n) is 11.2. The first kappa shape index (κ1) is 13.2. The second-order valence-electron chi connectivity index (χ2n) is 5.65. The molecule has 2 aromatic carbocycles. The molecule has 0 aliphatic rings. The molecule has 0 fully saturated rings. The average Bonchev–Trinajstić information content (AvgIpc) is 2.38. The lowest BCUT2D eigenvalue weighted by molar-refractivity contribution is 0.590. The molecule has 94 valence electrons. The first-order valence-corrected chi connectivity index (χ1v) is 6.71. The van der Waals surface area contributed by atoms with E-state index in [-0.39, 0.29) is 10.8 Å². The third kappa shape index (κ3) is 2.94. The Balaban J connectivity index is 2.25. The number of alkyl halides is 1. The molecular weight excluding hydrogens is 240 g/mol. The Morgan fingerprint density at radius 2 is 1.28 bits per heavy atom. The largest absolute Gasteiger partial charge is 0.113 e. The van der Waals surface area contributed by atoms with Crippen LogP contribution in [0.2, 0.25) is 0 Å². The fourth-order valence-electron chi connectivity index (χ4n) is 1.97. The molecule has 1 unspecified atom stereocenters. The fourth-order valence-corrected chi connectivity index (χ4v) is 2.26. The summed E-state index contributed by atoms with van der Waals surface area (Å²) in [5.41, 5.74) is 3.81. The maximum absolute atomic E-state index is 6.50. The van der Waals surface area contributed by atoms with Crippen LogP contribution in [-0.2, 0) is 5.41 Å². The third-order valence-corrected chi connectivity index (χ3v) is 3.67. The number of halogens is 1. The van der Waals surface area contributed by atoms with Gasteiger partial charge < -0.3 is 0 Å². The van der Waals surface area contributed by atoms with Crippen molar-refractivity contribution < 1.29 is 0 Å². The molecule has 0 radical (unpaired) electrons. The summed E-state index contributed by atoms with van der Waals surface area (Å²) in [6, 6.07) is 18.8. The number of hydrogen-bond donors (Lipinski definition) is 0. The molecule has 0 aliphatic heterocycles. The number of rotatable bonds is 2. The monoisotopic (exact) mass is 258 g/mol. The van der Waals surface area contributed by atoms with Crippen molar-refractivity contribution >= 4 is 11.6 Å². The Kier molecular flexibility index (Phi) is 3.77. The Morgan fingerprint density at radius 3 is 1.78 bits per heavy atom. The normalized spacial score (nSPS) is 13.3. The van der Waals surface area contributed by atoms with Gasteiger partial charge in [-0.1, -0.05) is 75.4 Å². The van der Waals surface area contributed by atoms with Crippen LogP contribution in [0.4, 0.5) is 0 Å². The molecule has 2 aromatic rings. The van der Waals surface area contributed by atoms with Crippen molar-refractivity contribution in [3.05, 3.63) is 71.3 Å². The van der Waals surface area contributed by atoms with Crippen LogP contribution in [-0.4, -0.2) is 0 Å². The van der Waals surface area contributed by atoms with Gasteiger partial charge in [0.05, 0.1) is 5.38 Å². The molecule has 0 heterocycles. The number of hydrogen-bond acceptors (Lipinski definition) is 0. The quantitative estimate of drug-likeness (QED) is 0.640. The molecule has 0 saturated carbocycles. The molecule has 0 aromatic heterocycles. The van der Waals surface area contributed by atoms with Crippen LogP contribution in [0.25, 0.3) is 0 Å². The second kappa shape index (κ2) is 5.16. The summed E-state index contributed by atoms with van der Waals surface area (Å²) < 4.78 is 0. The molecule has 0 bridgehead atoms. The van der Waals surface area contributed by atoms with E-state index in [1.54, 1.807) is 0 Å². The highest BCUT2D eigenvalue weighted by Crippen LogP contribution is 2.30. The van der Waals surface area contributed by atoms with Crippen molar-refractivity contribution in [1.82, 2.24) is 0 Å². The minimum atomic E-state index is -0.0692. The van der Waals surface area contributed by atoms with Gasteiger partial charge in [-0.25, -0.2) is 0 Å². The molecule has 0 nitrogen and oxygen atoms in total. The van der Waals surface area contributed by atoms with Crippen molar-refractivity contribution in [2.45, 2.75) is 31.6 Å². The van der Waals surface area contributed by atoms with E-state index in [1.807, 2.05) is 18.2 Å². The summed E-state index contributed by atoms with van der Waals surface area (Å²) in [6.45, 7) is 6.66. The Labute approximate surface area is 115 Å². The van der Waals surface area contributed by atoms with Crippen molar-refractivity contribution in [2.24, 2.45) is 0 Å². The van der Waals surface area contributed by atoms with Crippen molar-refractivity contribution in [1.29, 1.82) is 0 Å². The Morgan fingerprint density at radius 1 is 0.778 bits per heavy atom. The van der Waals surface area contributed by atoms with E-state index in [0.29, 0.717) is 0 Å². The topological polar surface area (TPSA) is 0 Å². The summed E-state index contributed by atoms with van der Waals surface area (Å²) >= 11 is 6.50. The highest BCUT2D eigenvalue weighted by atomic mass is 35.5. The van der Waals surface area contributed by atoms with Gasteiger partial charge >= 0.3 is 0 Å². The zero-order chi connectivity index (χ0) is 13.2. The molecule has 0 spiro atoms. The summed E-state index contributed by atoms with van der Waals surface area (Å²) in [4.78, 5) is 0. The summed E-state index contributed by atoms with van der Waals surface area (Å²) in [5.74, 6) is 0. The maximum Gasteiger partial charge on any atom is 0.0835 e. The van der Waals surface area contributed by atoms with E-state index in [9.17, 15) is 0 Å². The fraction of sp³-hybridized carbons (Fsp3) is 0.294. The zero-order valence-corrected chi connectivity index (χ0v) is 11.9. The van der Waals surface area contributed by atoms with E-state index in [1.165, 1.54) is 5.56 Å². The highest BCUT2D eigenvalue weighted by Gasteiger charge is 2.15. The van der Waals surface area contributed by atoms with Crippen molar-refractivity contribution in [2.75, 3.05) is 0 Å². The summed E-state index contributed by atoms with van der Waals surface area (Å²) in [7, 11) is 0. The highest BCUT2D eigenvalue weighted by molar-refractivity contribution is 6.22. The molecule has 1 heteroatoms. The molecule has 0 aliphatic carbocycles. The lowest BCUT2D eigenvalue weighted by Crippen LogP contribution is -2.10. The minimum Gasteiger partial charge on any atom is -0.113 e. The van der Waals surface area contributed by atoms with Crippen LogP contribution in [0.3, 0.4) is 0 Å². The lowest BCUT2D eigenvalue weighted by Gasteiger charge is -2.20. The van der Waals surface area contributed by atoms with Crippen LogP contribution < -0.4 is 0 Å². The SMILES string of the molecule is CC(C)(C)c1ccc(C(Cl)c2ccccc2)cc1. The van der Waals surface area contributed by atoms with Crippen LogP contribution >= 0.6 is 11.6 Å².